The molecule has 7 nitrogen and oxygen atoms in total. The molecule has 0 N–H and O–H groups in total. The van der Waals surface area contributed by atoms with E-state index in [0.29, 0.717) is 31.0 Å². The van der Waals surface area contributed by atoms with Crippen LogP contribution < -0.4 is 19.6 Å². The molecule has 0 fully saturated rings. The summed E-state index contributed by atoms with van der Waals surface area (Å²) in [6.45, 7) is 13.3. The maximum absolute atomic E-state index is 14.6. The average Bonchev–Trinajstić information content (AvgIpc) is 3.05. The predicted molar refractivity (Wildman–Crippen MR) is 185 cm³/mol. The molecular formula is C39H46F3NO6. The van der Waals surface area contributed by atoms with Crippen molar-refractivity contribution in [1.29, 1.82) is 0 Å². The molecule has 0 aliphatic rings. The van der Waals surface area contributed by atoms with Crippen molar-refractivity contribution >= 4 is 16.9 Å². The summed E-state index contributed by atoms with van der Waals surface area (Å²) in [6, 6.07) is 12.7. The SMILES string of the molecule is CCCCCCOc1ccc(C(=O)Oc2ccc3c(=O)c(Oc4cc(C)cc(C)c4C)c(C(F)(F)F)oc3c2CN(CCC)CCC)cc1. The van der Waals surface area contributed by atoms with Crippen LogP contribution >= 0.6 is 0 Å². The van der Waals surface area contributed by atoms with Crippen molar-refractivity contribution in [2.75, 3.05) is 19.7 Å². The van der Waals surface area contributed by atoms with Crippen molar-refractivity contribution in [3.8, 4) is 23.0 Å². The van der Waals surface area contributed by atoms with Crippen LogP contribution in [-0.4, -0.2) is 30.6 Å². The maximum atomic E-state index is 14.6. The minimum atomic E-state index is -5.06. The molecule has 0 aliphatic heterocycles. The fourth-order valence-electron chi connectivity index (χ4n) is 5.71. The van der Waals surface area contributed by atoms with E-state index < -0.39 is 29.1 Å². The molecule has 1 aromatic heterocycles. The first-order chi connectivity index (χ1) is 23.4. The maximum Gasteiger partial charge on any atom is 0.453 e. The third-order valence-electron chi connectivity index (χ3n) is 8.33. The number of unbranched alkanes of at least 4 members (excludes halogenated alkanes) is 3. The molecule has 49 heavy (non-hydrogen) atoms. The van der Waals surface area contributed by atoms with Crippen molar-refractivity contribution in [3.63, 3.8) is 0 Å². The van der Waals surface area contributed by atoms with E-state index in [1.807, 2.05) is 31.7 Å². The van der Waals surface area contributed by atoms with Crippen LogP contribution in [0.25, 0.3) is 11.0 Å². The largest absolute Gasteiger partial charge is 0.494 e. The number of carbonyl (C=O) groups excluding carboxylic acids is 1. The fraction of sp³-hybridized carbons (Fsp3) is 0.436. The summed E-state index contributed by atoms with van der Waals surface area (Å²) < 4.78 is 66.8. The summed E-state index contributed by atoms with van der Waals surface area (Å²) in [5, 5.41) is -0.117. The lowest BCUT2D eigenvalue weighted by Crippen LogP contribution is -2.26. The van der Waals surface area contributed by atoms with Gasteiger partial charge in [-0.2, -0.15) is 13.2 Å². The molecule has 0 spiro atoms. The smallest absolute Gasteiger partial charge is 0.453 e. The van der Waals surface area contributed by atoms with Gasteiger partial charge < -0.3 is 18.6 Å². The van der Waals surface area contributed by atoms with Gasteiger partial charge in [0.1, 0.15) is 22.8 Å². The summed E-state index contributed by atoms with van der Waals surface area (Å²) in [7, 11) is 0. The van der Waals surface area contributed by atoms with Crippen LogP contribution in [-0.2, 0) is 12.7 Å². The van der Waals surface area contributed by atoms with E-state index in [4.69, 9.17) is 18.6 Å². The highest BCUT2D eigenvalue weighted by molar-refractivity contribution is 5.92. The molecule has 0 radical (unpaired) electrons. The molecule has 3 aromatic carbocycles. The van der Waals surface area contributed by atoms with Gasteiger partial charge in [-0.05, 0) is 112 Å². The quantitative estimate of drug-likeness (QED) is 0.0662. The van der Waals surface area contributed by atoms with E-state index >= 15 is 0 Å². The highest BCUT2D eigenvalue weighted by atomic mass is 19.4. The fourth-order valence-corrected chi connectivity index (χ4v) is 5.71. The molecule has 0 bridgehead atoms. The average molecular weight is 682 g/mol. The summed E-state index contributed by atoms with van der Waals surface area (Å²) in [6.07, 6.45) is 0.766. The van der Waals surface area contributed by atoms with Gasteiger partial charge >= 0.3 is 12.1 Å². The van der Waals surface area contributed by atoms with Crippen LogP contribution in [0.15, 0.2) is 57.7 Å². The van der Waals surface area contributed by atoms with Crippen molar-refractivity contribution in [3.05, 3.63) is 92.3 Å². The Balaban J connectivity index is 1.78. The van der Waals surface area contributed by atoms with E-state index in [2.05, 4.69) is 6.92 Å². The highest BCUT2D eigenvalue weighted by Crippen LogP contribution is 2.41. The van der Waals surface area contributed by atoms with Crippen molar-refractivity contribution in [2.24, 2.45) is 0 Å². The Labute approximate surface area is 286 Å². The number of nitrogens with zero attached hydrogens (tertiary/aromatic N) is 1. The molecule has 10 heteroatoms. The standard InChI is InChI=1S/C39H46F3NO6/c1-7-10-11-12-21-46-29-15-13-28(14-16-29)38(45)48-32-18-17-30-34(44)36(47-33-23-25(4)22-26(5)27(33)6)37(39(40,41)42)49-35(30)31(32)24-43(19-8-2)20-9-3/h13-18,22-23H,7-12,19-21,24H2,1-6H3. The number of ether oxygens (including phenoxy) is 3. The van der Waals surface area contributed by atoms with Crippen LogP contribution in [0.3, 0.4) is 0 Å². The lowest BCUT2D eigenvalue weighted by atomic mass is 10.1. The molecule has 0 aliphatic carbocycles. The van der Waals surface area contributed by atoms with Crippen LogP contribution in [0.5, 0.6) is 23.0 Å². The topological polar surface area (TPSA) is 78.2 Å². The van der Waals surface area contributed by atoms with Crippen LogP contribution in [0, 0.1) is 20.8 Å². The van der Waals surface area contributed by atoms with Gasteiger partial charge in [0.2, 0.25) is 11.2 Å². The van der Waals surface area contributed by atoms with Crippen molar-refractivity contribution in [1.82, 2.24) is 4.90 Å². The third kappa shape index (κ3) is 9.44. The van der Waals surface area contributed by atoms with Gasteiger partial charge in [-0.15, -0.1) is 0 Å². The molecule has 0 atom stereocenters. The van der Waals surface area contributed by atoms with Crippen molar-refractivity contribution in [2.45, 2.75) is 92.8 Å². The Hall–Kier alpha value is -4.31. The van der Waals surface area contributed by atoms with Gasteiger partial charge in [0, 0.05) is 6.54 Å². The number of halogens is 3. The number of fused-ring (bicyclic) bond motifs is 1. The highest BCUT2D eigenvalue weighted by Gasteiger charge is 2.41. The van der Waals surface area contributed by atoms with E-state index in [-0.39, 0.29) is 40.1 Å². The minimum absolute atomic E-state index is 0.000975. The number of esters is 1. The molecule has 0 saturated carbocycles. The van der Waals surface area contributed by atoms with E-state index in [9.17, 15) is 22.8 Å². The summed E-state index contributed by atoms with van der Waals surface area (Å²) in [4.78, 5) is 29.2. The lowest BCUT2D eigenvalue weighted by molar-refractivity contribution is -0.154. The summed E-state index contributed by atoms with van der Waals surface area (Å²) >= 11 is 0. The molecule has 0 unspecified atom stereocenters. The van der Waals surface area contributed by atoms with Gasteiger partial charge in [0.15, 0.2) is 0 Å². The van der Waals surface area contributed by atoms with Gasteiger partial charge in [-0.3, -0.25) is 9.69 Å². The number of alkyl halides is 3. The number of rotatable bonds is 16. The minimum Gasteiger partial charge on any atom is -0.494 e. The summed E-state index contributed by atoms with van der Waals surface area (Å²) in [5.74, 6) is -2.47. The number of hydrogen-bond acceptors (Lipinski definition) is 7. The molecule has 264 valence electrons. The molecule has 0 amide bonds. The zero-order chi connectivity index (χ0) is 35.7. The van der Waals surface area contributed by atoms with Gasteiger partial charge in [0.25, 0.3) is 5.76 Å². The number of aryl methyl sites for hydroxylation is 2. The van der Waals surface area contributed by atoms with Gasteiger partial charge in [-0.1, -0.05) is 46.1 Å². The first kappa shape index (κ1) is 37.5. The first-order valence-electron chi connectivity index (χ1n) is 17.0. The van der Waals surface area contributed by atoms with Gasteiger partial charge in [0.05, 0.1) is 23.1 Å². The Kier molecular flexibility index (Phi) is 12.9. The Morgan fingerprint density at radius 2 is 1.55 bits per heavy atom. The zero-order valence-electron chi connectivity index (χ0n) is 29.2. The van der Waals surface area contributed by atoms with Gasteiger partial charge in [-0.25, -0.2) is 4.79 Å². The van der Waals surface area contributed by atoms with Crippen LogP contribution in [0.1, 0.15) is 97.7 Å². The monoisotopic (exact) mass is 681 g/mol. The second-order valence-electron chi connectivity index (χ2n) is 12.4. The lowest BCUT2D eigenvalue weighted by Gasteiger charge is -2.23. The molecule has 0 saturated heterocycles. The van der Waals surface area contributed by atoms with Crippen LogP contribution in [0.4, 0.5) is 13.2 Å². The summed E-state index contributed by atoms with van der Waals surface area (Å²) in [5.41, 5.74) is 1.28. The first-order valence-corrected chi connectivity index (χ1v) is 17.0. The second kappa shape index (κ2) is 16.9. The van der Waals surface area contributed by atoms with E-state index in [1.54, 1.807) is 44.2 Å². The number of carbonyl (C=O) groups is 1. The number of benzene rings is 3. The second-order valence-corrected chi connectivity index (χ2v) is 12.4. The molecular weight excluding hydrogens is 635 g/mol. The predicted octanol–water partition coefficient (Wildman–Crippen LogP) is 10.3. The van der Waals surface area contributed by atoms with E-state index in [1.165, 1.54) is 12.1 Å². The van der Waals surface area contributed by atoms with E-state index in [0.717, 1.165) is 49.7 Å². The Bertz CT molecular complexity index is 1790. The normalized spacial score (nSPS) is 11.7. The van der Waals surface area contributed by atoms with Crippen LogP contribution in [0.2, 0.25) is 0 Å². The van der Waals surface area contributed by atoms with Crippen molar-refractivity contribution < 1.29 is 36.6 Å². The zero-order valence-corrected chi connectivity index (χ0v) is 29.2. The number of hydrogen-bond donors (Lipinski definition) is 0. The molecule has 4 aromatic rings. The Morgan fingerprint density at radius 1 is 0.857 bits per heavy atom. The molecule has 4 rings (SSSR count). The molecule has 1 heterocycles. The third-order valence-corrected chi connectivity index (χ3v) is 8.33. The Morgan fingerprint density at radius 3 is 2.18 bits per heavy atom.